The Morgan fingerprint density at radius 1 is 0.655 bits per heavy atom. The van der Waals surface area contributed by atoms with E-state index < -0.39 is 0 Å². The number of hydrogen-bond donors (Lipinski definition) is 0. The zero-order valence-corrected chi connectivity index (χ0v) is 17.8. The molecule has 0 aromatic heterocycles. The highest BCUT2D eigenvalue weighted by atomic mass is 32.2. The van der Waals surface area contributed by atoms with Gasteiger partial charge >= 0.3 is 0 Å². The summed E-state index contributed by atoms with van der Waals surface area (Å²) in [6.07, 6.45) is 0. The topological polar surface area (TPSA) is 34.1 Å². The van der Waals surface area contributed by atoms with E-state index in [1.165, 1.54) is 6.92 Å². The molecule has 0 N–H and O–H groups in total. The van der Waals surface area contributed by atoms with Crippen molar-refractivity contribution in [3.8, 4) is 0 Å². The zero-order chi connectivity index (χ0) is 20.5. The molecule has 0 aliphatic carbocycles. The maximum atomic E-state index is 13.1. The third-order valence-corrected chi connectivity index (χ3v) is 6.84. The van der Waals surface area contributed by atoms with E-state index in [4.69, 9.17) is 0 Å². The minimum atomic E-state index is -0.214. The molecule has 0 radical (unpaired) electrons. The molecular formula is C25H22O2S2. The molecule has 3 rings (SSSR count). The summed E-state index contributed by atoms with van der Waals surface area (Å²) in [4.78, 5) is 25.7. The van der Waals surface area contributed by atoms with E-state index in [2.05, 4.69) is 24.3 Å². The van der Waals surface area contributed by atoms with Crippen molar-refractivity contribution >= 4 is 35.1 Å². The van der Waals surface area contributed by atoms with Gasteiger partial charge in [0, 0.05) is 17.1 Å². The summed E-state index contributed by atoms with van der Waals surface area (Å²) >= 11 is 3.11. The van der Waals surface area contributed by atoms with E-state index in [0.29, 0.717) is 17.1 Å². The predicted octanol–water partition coefficient (Wildman–Crippen LogP) is 6.54. The first kappa shape index (κ1) is 21.2. The number of ketones is 2. The Labute approximate surface area is 180 Å². The number of rotatable bonds is 9. The van der Waals surface area contributed by atoms with Crippen molar-refractivity contribution in [3.05, 3.63) is 117 Å². The van der Waals surface area contributed by atoms with Crippen molar-refractivity contribution in [2.24, 2.45) is 0 Å². The molecule has 0 atom stereocenters. The van der Waals surface area contributed by atoms with Crippen LogP contribution in [-0.4, -0.2) is 11.6 Å². The maximum Gasteiger partial charge on any atom is 0.198 e. The highest BCUT2D eigenvalue weighted by molar-refractivity contribution is 8.21. The van der Waals surface area contributed by atoms with E-state index >= 15 is 0 Å². The first-order chi connectivity index (χ1) is 14.1. The average molecular weight is 419 g/mol. The Kier molecular flexibility index (Phi) is 7.91. The molecule has 3 aromatic rings. The molecule has 0 spiro atoms. The van der Waals surface area contributed by atoms with Gasteiger partial charge in [-0.1, -0.05) is 91.0 Å². The molecule has 0 aliphatic heterocycles. The van der Waals surface area contributed by atoms with Gasteiger partial charge in [0.2, 0.25) is 0 Å². The van der Waals surface area contributed by atoms with Crippen LogP contribution in [0.15, 0.2) is 101 Å². The van der Waals surface area contributed by atoms with Gasteiger partial charge in [-0.15, -0.1) is 23.5 Å². The highest BCUT2D eigenvalue weighted by Gasteiger charge is 2.22. The third kappa shape index (κ3) is 6.21. The summed E-state index contributed by atoms with van der Waals surface area (Å²) in [6, 6.07) is 29.2. The number of allylic oxidation sites excluding steroid dienone is 1. The lowest BCUT2D eigenvalue weighted by Gasteiger charge is -2.13. The van der Waals surface area contributed by atoms with Crippen molar-refractivity contribution in [2.75, 3.05) is 0 Å². The number of Topliss-reactive ketones (excluding diaryl/α,β-unsaturated/α-hetero) is 2. The number of hydrogen-bond acceptors (Lipinski definition) is 4. The minimum absolute atomic E-state index is 0.199. The summed E-state index contributed by atoms with van der Waals surface area (Å²) in [6.45, 7) is 1.47. The molecule has 146 valence electrons. The minimum Gasteiger partial charge on any atom is -0.294 e. The van der Waals surface area contributed by atoms with Crippen molar-refractivity contribution in [1.82, 2.24) is 0 Å². The molecule has 2 nitrogen and oxygen atoms in total. The second-order valence-corrected chi connectivity index (χ2v) is 8.69. The Morgan fingerprint density at radius 2 is 1.07 bits per heavy atom. The van der Waals surface area contributed by atoms with Gasteiger partial charge in [-0.3, -0.25) is 9.59 Å². The summed E-state index contributed by atoms with van der Waals surface area (Å²) in [5.74, 6) is 0.998. The number of thioether (sulfide) groups is 2. The van der Waals surface area contributed by atoms with Crippen molar-refractivity contribution in [2.45, 2.75) is 18.4 Å². The quantitative estimate of drug-likeness (QED) is 0.171. The number of carbonyl (C=O) groups is 2. The molecule has 3 aromatic carbocycles. The summed E-state index contributed by atoms with van der Waals surface area (Å²) < 4.78 is 0.777. The van der Waals surface area contributed by atoms with Crippen LogP contribution in [0.5, 0.6) is 0 Å². The fourth-order valence-electron chi connectivity index (χ4n) is 2.76. The van der Waals surface area contributed by atoms with Crippen LogP contribution < -0.4 is 0 Å². The Hall–Kier alpha value is -2.56. The molecule has 0 aliphatic rings. The molecule has 4 heteroatoms. The van der Waals surface area contributed by atoms with Gasteiger partial charge in [-0.05, 0) is 18.1 Å². The first-order valence-electron chi connectivity index (χ1n) is 9.33. The van der Waals surface area contributed by atoms with E-state index in [0.717, 1.165) is 15.4 Å². The molecule has 0 amide bonds. The van der Waals surface area contributed by atoms with Crippen molar-refractivity contribution < 1.29 is 9.59 Å². The molecule has 0 saturated heterocycles. The van der Waals surface area contributed by atoms with Gasteiger partial charge in [0.25, 0.3) is 0 Å². The van der Waals surface area contributed by atoms with Crippen LogP contribution in [0.2, 0.25) is 0 Å². The lowest BCUT2D eigenvalue weighted by atomic mass is 10.0. The summed E-state index contributed by atoms with van der Waals surface area (Å²) in [5.41, 5.74) is 3.13. The largest absolute Gasteiger partial charge is 0.294 e. The predicted molar refractivity (Wildman–Crippen MR) is 124 cm³/mol. The Balaban J connectivity index is 1.92. The van der Waals surface area contributed by atoms with Gasteiger partial charge in [0.1, 0.15) is 0 Å². The van der Waals surface area contributed by atoms with Gasteiger partial charge in [-0.2, -0.15) is 0 Å². The third-order valence-electron chi connectivity index (χ3n) is 4.24. The summed E-state index contributed by atoms with van der Waals surface area (Å²) in [7, 11) is 0. The number of carbonyl (C=O) groups excluding carboxylic acids is 2. The van der Waals surface area contributed by atoms with E-state index in [1.54, 1.807) is 35.7 Å². The molecule has 0 fully saturated rings. The lowest BCUT2D eigenvalue weighted by molar-refractivity contribution is -0.113. The van der Waals surface area contributed by atoms with Crippen LogP contribution in [0.3, 0.4) is 0 Å². The standard InChI is InChI=1S/C25H22O2S2/c1-19(26)23(24(27)22-15-9-4-10-16-22)25(28-17-20-11-5-2-6-12-20)29-18-21-13-7-3-8-14-21/h2-16H,17-18H2,1H3. The van der Waals surface area contributed by atoms with Gasteiger partial charge < -0.3 is 0 Å². The van der Waals surface area contributed by atoms with Crippen molar-refractivity contribution in [3.63, 3.8) is 0 Å². The molecule has 0 unspecified atom stereocenters. The van der Waals surface area contributed by atoms with Gasteiger partial charge in [0.05, 0.1) is 9.81 Å². The molecule has 0 saturated carbocycles. The van der Waals surface area contributed by atoms with Crippen LogP contribution in [0, 0.1) is 0 Å². The Bertz CT molecular complexity index is 936. The monoisotopic (exact) mass is 418 g/mol. The first-order valence-corrected chi connectivity index (χ1v) is 11.3. The molecule has 29 heavy (non-hydrogen) atoms. The number of benzene rings is 3. The van der Waals surface area contributed by atoms with Gasteiger partial charge in [0.15, 0.2) is 11.6 Å². The van der Waals surface area contributed by atoms with E-state index in [-0.39, 0.29) is 17.1 Å². The summed E-state index contributed by atoms with van der Waals surface area (Å²) in [5, 5.41) is 0. The lowest BCUT2D eigenvalue weighted by Crippen LogP contribution is -2.12. The van der Waals surface area contributed by atoms with Crippen LogP contribution in [0.1, 0.15) is 28.4 Å². The maximum absolute atomic E-state index is 13.1. The van der Waals surface area contributed by atoms with Gasteiger partial charge in [-0.25, -0.2) is 0 Å². The molecule has 0 bridgehead atoms. The SMILES string of the molecule is CC(=O)C(C(=O)c1ccccc1)=C(SCc1ccccc1)SCc1ccccc1. The smallest absolute Gasteiger partial charge is 0.198 e. The highest BCUT2D eigenvalue weighted by Crippen LogP contribution is 2.37. The fourth-order valence-corrected chi connectivity index (χ4v) is 5.19. The normalized spacial score (nSPS) is 10.4. The van der Waals surface area contributed by atoms with Crippen molar-refractivity contribution in [1.29, 1.82) is 0 Å². The average Bonchev–Trinajstić information content (AvgIpc) is 2.77. The zero-order valence-electron chi connectivity index (χ0n) is 16.2. The van der Waals surface area contributed by atoms with Crippen LogP contribution in [0.4, 0.5) is 0 Å². The van der Waals surface area contributed by atoms with Crippen LogP contribution in [0.25, 0.3) is 0 Å². The van der Waals surface area contributed by atoms with Crippen LogP contribution >= 0.6 is 23.5 Å². The Morgan fingerprint density at radius 3 is 1.48 bits per heavy atom. The van der Waals surface area contributed by atoms with E-state index in [9.17, 15) is 9.59 Å². The second kappa shape index (κ2) is 10.8. The fraction of sp³-hybridized carbons (Fsp3) is 0.120. The second-order valence-electron chi connectivity index (χ2n) is 6.46. The van der Waals surface area contributed by atoms with Crippen LogP contribution in [-0.2, 0) is 16.3 Å². The van der Waals surface area contributed by atoms with E-state index in [1.807, 2.05) is 54.6 Å². The molecule has 0 heterocycles. The molecular weight excluding hydrogens is 396 g/mol.